The second kappa shape index (κ2) is 18.3. The van der Waals surface area contributed by atoms with Crippen molar-refractivity contribution in [3.05, 3.63) is 0 Å². The molecule has 9 aromatic rings. The second-order valence-electron chi connectivity index (χ2n) is 17.6. The largest absolute Gasteiger partial charge is 0.457 e. The molecule has 0 amide bonds. The molecule has 266 valence electrons. The Kier molecular flexibility index (Phi) is 13.5. The highest BCUT2D eigenvalue weighted by Gasteiger charge is 2.31. The maximum atomic E-state index is 7.20. The lowest BCUT2D eigenvalue weighted by molar-refractivity contribution is 0.675. The molecule has 0 atom stereocenters. The molecule has 1 nitrogen and oxygen atoms in total. The van der Waals surface area contributed by atoms with Crippen molar-refractivity contribution < 1.29 is 4.42 Å². The number of benzene rings is 8. The molecule has 0 saturated heterocycles. The second-order valence-corrected chi connectivity index (χ2v) is 17.6. The summed E-state index contributed by atoms with van der Waals surface area (Å²) >= 11 is 0. The number of furan rings is 1. The van der Waals surface area contributed by atoms with E-state index in [-0.39, 0.29) is 241 Å². The van der Waals surface area contributed by atoms with Crippen LogP contribution in [0.3, 0.4) is 0 Å². The standard InChI is InChI=1S/C44B28O/c45-15-7(30(60)41(71)43-13(15)14-31(61)38(68)40(70)42(72)44(14)73-43)1-3-5(18(48)34(64)32(62)16(3)46)2(6-4(1)17(47)33(63)35(65)19(6)49)8-20(50)22(52)9(23(53)21(8)51)10-24(54)26(56)11(27(57)25(10)55)12-28(58)36(66)39(69)37(67)29(12)59. The average molecular weight is 847 g/mol. The normalized spacial score (nSPS) is 11.7. The van der Waals surface area contributed by atoms with Gasteiger partial charge in [0.25, 0.3) is 0 Å². The topological polar surface area (TPSA) is 13.1 Å². The monoisotopic (exact) mass is 852 g/mol. The summed E-state index contributed by atoms with van der Waals surface area (Å²) in [5.41, 5.74) is -5.30. The summed E-state index contributed by atoms with van der Waals surface area (Å²) in [6.45, 7) is 0. The molecule has 9 rings (SSSR count). The minimum atomic E-state index is -0.286. The zero-order valence-corrected chi connectivity index (χ0v) is 38.6. The van der Waals surface area contributed by atoms with Gasteiger partial charge >= 0.3 is 0 Å². The Morgan fingerprint density at radius 3 is 0.562 bits per heavy atom. The van der Waals surface area contributed by atoms with Gasteiger partial charge in [-0.25, -0.2) is 0 Å². The summed E-state index contributed by atoms with van der Waals surface area (Å²) in [6.07, 6.45) is 0. The predicted molar refractivity (Wildman–Crippen MR) is 341 cm³/mol. The van der Waals surface area contributed by atoms with E-state index in [1.54, 1.807) is 0 Å². The SMILES string of the molecule is [B]c1c([B])c([B])c(-c2c([B])c([B])c(-c3c([B])c([B])c(-c4c5c([B])c([B])c([B])c([B])c5c(-c5c([B])c([B])c6oc7c([B])c([B])c([B])c([B])c7c6c5[B])c5c([B])c([B])c([B])c([B])c45)c([B])c3[B])c([B])c2[B])c([B])c1[B]. The summed E-state index contributed by atoms with van der Waals surface area (Å²) in [4.78, 5) is 0. The van der Waals surface area contributed by atoms with E-state index >= 15 is 0 Å². The molecule has 8 aromatic carbocycles. The van der Waals surface area contributed by atoms with Gasteiger partial charge in [-0.1, -0.05) is 104 Å². The fourth-order valence-electron chi connectivity index (χ4n) is 9.97. The van der Waals surface area contributed by atoms with E-state index in [0.717, 1.165) is 0 Å². The molecule has 0 fully saturated rings. The van der Waals surface area contributed by atoms with Gasteiger partial charge in [0.15, 0.2) is 0 Å². The first-order valence-corrected chi connectivity index (χ1v) is 21.2. The van der Waals surface area contributed by atoms with E-state index in [1.807, 2.05) is 0 Å². The van der Waals surface area contributed by atoms with Crippen LogP contribution in [0.5, 0.6) is 0 Å². The van der Waals surface area contributed by atoms with Crippen LogP contribution in [0.2, 0.25) is 0 Å². The first kappa shape index (κ1) is 53.7. The van der Waals surface area contributed by atoms with Crippen LogP contribution in [0.15, 0.2) is 4.42 Å². The molecule has 0 unspecified atom stereocenters. The van der Waals surface area contributed by atoms with Gasteiger partial charge in [0.05, 0.1) is 0 Å². The third kappa shape index (κ3) is 7.09. The van der Waals surface area contributed by atoms with Crippen LogP contribution >= 0.6 is 0 Å². The van der Waals surface area contributed by atoms with Crippen molar-refractivity contribution in [1.82, 2.24) is 0 Å². The minimum Gasteiger partial charge on any atom is -0.457 e. The molecule has 0 spiro atoms. The highest BCUT2D eigenvalue weighted by atomic mass is 16.3. The fourth-order valence-corrected chi connectivity index (χ4v) is 9.97. The molecule has 0 N–H and O–H groups in total. The average Bonchev–Trinajstić information content (AvgIpc) is 3.77. The third-order valence-corrected chi connectivity index (χ3v) is 14.0. The molecular weight excluding hydrogens is 847 g/mol. The van der Waals surface area contributed by atoms with E-state index in [0.29, 0.717) is 0 Å². The number of fused-ring (bicyclic) bond motifs is 5. The molecule has 56 radical (unpaired) electrons. The van der Waals surface area contributed by atoms with Crippen molar-refractivity contribution in [2.45, 2.75) is 0 Å². The van der Waals surface area contributed by atoms with Crippen LogP contribution in [0, 0.1) is 0 Å². The predicted octanol–water partition coefficient (Wildman–Crippen LogP) is -21.2. The lowest BCUT2D eigenvalue weighted by atomic mass is 9.54. The van der Waals surface area contributed by atoms with Gasteiger partial charge in [0.2, 0.25) is 0 Å². The molecule has 1 heterocycles. The zero-order valence-electron chi connectivity index (χ0n) is 38.6. The highest BCUT2D eigenvalue weighted by Crippen LogP contribution is 2.40. The molecule has 0 saturated carbocycles. The molecule has 0 aliphatic heterocycles. The molecule has 1 aromatic heterocycles. The summed E-state index contributed by atoms with van der Waals surface area (Å²) in [7, 11) is 188. The van der Waals surface area contributed by atoms with Gasteiger partial charge in [0.1, 0.15) is 231 Å². The molecular formula is C44B28O. The van der Waals surface area contributed by atoms with Crippen molar-refractivity contribution in [1.29, 1.82) is 0 Å². The fraction of sp³-hybridized carbons (Fsp3) is 0. The van der Waals surface area contributed by atoms with Crippen molar-refractivity contribution in [2.24, 2.45) is 0 Å². The van der Waals surface area contributed by atoms with Gasteiger partial charge in [0, 0.05) is 10.8 Å². The minimum absolute atomic E-state index is 0.000595. The Bertz CT molecular complexity index is 3950. The van der Waals surface area contributed by atoms with Crippen LogP contribution in [-0.2, 0) is 0 Å². The summed E-state index contributed by atoms with van der Waals surface area (Å²) in [5, 5.41) is 0.147. The molecule has 0 aliphatic rings. The number of rotatable bonds is 4. The van der Waals surface area contributed by atoms with E-state index in [9.17, 15) is 0 Å². The Balaban J connectivity index is 1.48. The van der Waals surface area contributed by atoms with Crippen molar-refractivity contribution in [3.8, 4) is 44.5 Å². The van der Waals surface area contributed by atoms with Crippen molar-refractivity contribution in [3.63, 3.8) is 0 Å². The van der Waals surface area contributed by atoms with Crippen LogP contribution < -0.4 is 153 Å². The number of hydrogen-bond donors (Lipinski definition) is 0. The van der Waals surface area contributed by atoms with E-state index in [2.05, 4.69) is 0 Å². The highest BCUT2D eigenvalue weighted by molar-refractivity contribution is 6.76. The Morgan fingerprint density at radius 2 is 0.274 bits per heavy atom. The first-order chi connectivity index (χ1) is 34.0. The molecule has 29 heteroatoms. The first-order valence-electron chi connectivity index (χ1n) is 21.2. The van der Waals surface area contributed by atoms with E-state index in [4.69, 9.17) is 224 Å². The molecule has 0 aliphatic carbocycles. The van der Waals surface area contributed by atoms with Gasteiger partial charge in [-0.05, 0) is 66.1 Å². The summed E-state index contributed by atoms with van der Waals surface area (Å²) < 4.78 is 6.16. The lowest BCUT2D eigenvalue weighted by Gasteiger charge is -2.33. The van der Waals surface area contributed by atoms with Crippen LogP contribution in [0.4, 0.5) is 0 Å². The summed E-state index contributed by atoms with van der Waals surface area (Å²) in [5.74, 6) is 0. The maximum Gasteiger partial charge on any atom is 0.127 e. The van der Waals surface area contributed by atoms with Gasteiger partial charge < -0.3 is 4.42 Å². The van der Waals surface area contributed by atoms with Crippen LogP contribution in [-0.4, -0.2) is 220 Å². The number of hydrogen-bond acceptors (Lipinski definition) is 1. The maximum absolute atomic E-state index is 7.20. The zero-order chi connectivity index (χ0) is 54.1. The van der Waals surface area contributed by atoms with Gasteiger partial charge in [-0.2, -0.15) is 0 Å². The Hall–Kier alpha value is -4.10. The van der Waals surface area contributed by atoms with Crippen LogP contribution in [0.1, 0.15) is 0 Å². The van der Waals surface area contributed by atoms with Crippen LogP contribution in [0.25, 0.3) is 88.0 Å². The van der Waals surface area contributed by atoms with Gasteiger partial charge in [-0.3, -0.25) is 0 Å². The smallest absolute Gasteiger partial charge is 0.127 e. The Morgan fingerprint density at radius 1 is 0.123 bits per heavy atom. The van der Waals surface area contributed by atoms with Crippen molar-refractivity contribution >= 4 is 416 Å². The quantitative estimate of drug-likeness (QED) is 0.127. The van der Waals surface area contributed by atoms with Crippen molar-refractivity contribution in [2.75, 3.05) is 0 Å². The summed E-state index contributed by atoms with van der Waals surface area (Å²) in [6, 6.07) is 0. The lowest BCUT2D eigenvalue weighted by Crippen LogP contribution is -2.57. The van der Waals surface area contributed by atoms with E-state index < -0.39 is 0 Å². The van der Waals surface area contributed by atoms with Gasteiger partial charge in [-0.15, -0.1) is 49.2 Å². The molecule has 0 bridgehead atoms. The third-order valence-electron chi connectivity index (χ3n) is 14.0. The van der Waals surface area contributed by atoms with E-state index in [1.165, 1.54) is 0 Å². The molecule has 73 heavy (non-hydrogen) atoms. The Labute approximate surface area is 461 Å².